The smallest absolute Gasteiger partial charge is 0.144 e. The second-order valence-electron chi connectivity index (χ2n) is 7.07. The molecule has 0 saturated carbocycles. The highest BCUT2D eigenvalue weighted by molar-refractivity contribution is 5.55. The molecule has 0 unspecified atom stereocenters. The van der Waals surface area contributed by atoms with E-state index in [-0.39, 0.29) is 5.54 Å². The van der Waals surface area contributed by atoms with Crippen LogP contribution in [0.3, 0.4) is 0 Å². The molecule has 1 aromatic rings. The number of aryl methyl sites for hydroxylation is 2. The van der Waals surface area contributed by atoms with Gasteiger partial charge in [-0.15, -0.1) is 0 Å². The average Bonchev–Trinajstić information content (AvgIpc) is 2.60. The summed E-state index contributed by atoms with van der Waals surface area (Å²) in [7, 11) is 0. The SMILES string of the molecule is CC(C)(CNc1nc2c(cc1C#N)CCCC2)N1CCOCC1. The van der Waals surface area contributed by atoms with E-state index in [4.69, 9.17) is 9.72 Å². The van der Waals surface area contributed by atoms with Crippen LogP contribution in [-0.2, 0) is 17.6 Å². The third-order valence-corrected chi connectivity index (χ3v) is 4.98. The lowest BCUT2D eigenvalue weighted by Crippen LogP contribution is -2.53. The van der Waals surface area contributed by atoms with Crippen LogP contribution >= 0.6 is 0 Å². The molecular weight excluding hydrogens is 288 g/mol. The Bertz CT molecular complexity index is 600. The second kappa shape index (κ2) is 6.86. The van der Waals surface area contributed by atoms with Crippen LogP contribution < -0.4 is 5.32 Å². The van der Waals surface area contributed by atoms with Gasteiger partial charge in [0, 0.05) is 30.9 Å². The Morgan fingerprint density at radius 3 is 2.78 bits per heavy atom. The summed E-state index contributed by atoms with van der Waals surface area (Å²) in [6.07, 6.45) is 4.49. The van der Waals surface area contributed by atoms with E-state index in [9.17, 15) is 5.26 Å². The van der Waals surface area contributed by atoms with Gasteiger partial charge in [0.25, 0.3) is 0 Å². The van der Waals surface area contributed by atoms with Crippen molar-refractivity contribution < 1.29 is 4.74 Å². The molecule has 1 fully saturated rings. The number of anilines is 1. The third kappa shape index (κ3) is 3.65. The van der Waals surface area contributed by atoms with E-state index in [0.29, 0.717) is 5.56 Å². The predicted octanol–water partition coefficient (Wildman–Crippen LogP) is 2.35. The summed E-state index contributed by atoms with van der Waals surface area (Å²) in [6, 6.07) is 4.34. The fraction of sp³-hybridized carbons (Fsp3) is 0.667. The first-order chi connectivity index (χ1) is 11.1. The lowest BCUT2D eigenvalue weighted by atomic mass is 9.95. The van der Waals surface area contributed by atoms with E-state index >= 15 is 0 Å². The fourth-order valence-electron chi connectivity index (χ4n) is 3.43. The molecule has 1 aromatic heterocycles. The molecule has 0 radical (unpaired) electrons. The first-order valence-electron chi connectivity index (χ1n) is 8.60. The number of hydrogen-bond acceptors (Lipinski definition) is 5. The van der Waals surface area contributed by atoms with Crippen LogP contribution in [0.1, 0.15) is 43.5 Å². The second-order valence-corrected chi connectivity index (χ2v) is 7.07. The van der Waals surface area contributed by atoms with Gasteiger partial charge in [-0.2, -0.15) is 5.26 Å². The molecule has 0 spiro atoms. The van der Waals surface area contributed by atoms with Gasteiger partial charge in [0.15, 0.2) is 0 Å². The van der Waals surface area contributed by atoms with Gasteiger partial charge in [0.05, 0.1) is 18.8 Å². The molecule has 1 aliphatic heterocycles. The molecule has 0 bridgehead atoms. The molecule has 0 aromatic carbocycles. The molecule has 1 saturated heterocycles. The highest BCUT2D eigenvalue weighted by Gasteiger charge is 2.28. The summed E-state index contributed by atoms with van der Waals surface area (Å²) in [5, 5.41) is 12.9. The van der Waals surface area contributed by atoms with Crippen molar-refractivity contribution in [1.29, 1.82) is 5.26 Å². The van der Waals surface area contributed by atoms with Crippen LogP contribution in [-0.4, -0.2) is 48.3 Å². The number of pyridine rings is 1. The minimum absolute atomic E-state index is 0.00802. The maximum Gasteiger partial charge on any atom is 0.144 e. The normalized spacial score (nSPS) is 19.0. The zero-order valence-corrected chi connectivity index (χ0v) is 14.2. The summed E-state index contributed by atoms with van der Waals surface area (Å²) in [4.78, 5) is 7.19. The summed E-state index contributed by atoms with van der Waals surface area (Å²) in [5.74, 6) is 0.745. The lowest BCUT2D eigenvalue weighted by Gasteiger charge is -2.41. The standard InChI is InChI=1S/C18H26N4O/c1-18(2,22-7-9-23-10-8-22)13-20-17-15(12-19)11-14-5-3-4-6-16(14)21-17/h11H,3-10,13H2,1-2H3,(H,20,21). The van der Waals surface area contributed by atoms with Crippen molar-refractivity contribution in [2.75, 3.05) is 38.2 Å². The molecule has 3 rings (SSSR count). The highest BCUT2D eigenvalue weighted by atomic mass is 16.5. The Labute approximate surface area is 138 Å². The summed E-state index contributed by atoms with van der Waals surface area (Å²) >= 11 is 0. The van der Waals surface area contributed by atoms with Crippen molar-refractivity contribution in [3.8, 4) is 6.07 Å². The molecule has 1 aliphatic carbocycles. The zero-order valence-electron chi connectivity index (χ0n) is 14.2. The number of aromatic nitrogens is 1. The van der Waals surface area contributed by atoms with Gasteiger partial charge in [-0.05, 0) is 51.2 Å². The number of rotatable bonds is 4. The molecule has 5 nitrogen and oxygen atoms in total. The third-order valence-electron chi connectivity index (χ3n) is 4.98. The summed E-state index contributed by atoms with van der Waals surface area (Å²) in [6.45, 7) is 8.74. The van der Waals surface area contributed by atoms with Gasteiger partial charge in [0.2, 0.25) is 0 Å². The number of hydrogen-bond donors (Lipinski definition) is 1. The van der Waals surface area contributed by atoms with Gasteiger partial charge >= 0.3 is 0 Å². The number of nitriles is 1. The van der Waals surface area contributed by atoms with Crippen LogP contribution in [0.4, 0.5) is 5.82 Å². The Kier molecular flexibility index (Phi) is 4.84. The Morgan fingerprint density at radius 1 is 1.30 bits per heavy atom. The van der Waals surface area contributed by atoms with E-state index in [1.54, 1.807) is 0 Å². The van der Waals surface area contributed by atoms with Crippen molar-refractivity contribution in [1.82, 2.24) is 9.88 Å². The van der Waals surface area contributed by atoms with Crippen molar-refractivity contribution in [2.45, 2.75) is 45.1 Å². The van der Waals surface area contributed by atoms with E-state index < -0.39 is 0 Å². The summed E-state index contributed by atoms with van der Waals surface area (Å²) < 4.78 is 5.44. The summed E-state index contributed by atoms with van der Waals surface area (Å²) in [5.41, 5.74) is 3.10. The quantitative estimate of drug-likeness (QED) is 0.924. The van der Waals surface area contributed by atoms with E-state index in [0.717, 1.165) is 51.5 Å². The Morgan fingerprint density at radius 2 is 2.04 bits per heavy atom. The number of nitrogens with one attached hydrogen (secondary N) is 1. The topological polar surface area (TPSA) is 61.2 Å². The van der Waals surface area contributed by atoms with Crippen LogP contribution in [0.15, 0.2) is 6.07 Å². The number of morpholine rings is 1. The van der Waals surface area contributed by atoms with Crippen LogP contribution in [0.2, 0.25) is 0 Å². The highest BCUT2D eigenvalue weighted by Crippen LogP contribution is 2.25. The lowest BCUT2D eigenvalue weighted by molar-refractivity contribution is -0.00570. The monoisotopic (exact) mass is 314 g/mol. The minimum atomic E-state index is 0.00802. The van der Waals surface area contributed by atoms with Gasteiger partial charge in [-0.1, -0.05) is 0 Å². The van der Waals surface area contributed by atoms with E-state index in [1.807, 2.05) is 6.07 Å². The van der Waals surface area contributed by atoms with Crippen LogP contribution in [0.5, 0.6) is 0 Å². The average molecular weight is 314 g/mol. The first-order valence-corrected chi connectivity index (χ1v) is 8.60. The molecule has 124 valence electrons. The first kappa shape index (κ1) is 16.2. The Hall–Kier alpha value is -1.64. The maximum atomic E-state index is 9.44. The predicted molar refractivity (Wildman–Crippen MR) is 90.6 cm³/mol. The molecule has 0 amide bonds. The van der Waals surface area contributed by atoms with Crippen LogP contribution in [0.25, 0.3) is 0 Å². The zero-order chi connectivity index (χ0) is 16.3. The van der Waals surface area contributed by atoms with Gasteiger partial charge in [0.1, 0.15) is 11.9 Å². The molecule has 2 heterocycles. The van der Waals surface area contributed by atoms with Crippen LogP contribution in [0, 0.1) is 11.3 Å². The molecule has 1 N–H and O–H groups in total. The number of fused-ring (bicyclic) bond motifs is 1. The molecule has 2 aliphatic rings. The van der Waals surface area contributed by atoms with E-state index in [2.05, 4.69) is 30.1 Å². The van der Waals surface area contributed by atoms with Crippen molar-refractivity contribution in [2.24, 2.45) is 0 Å². The van der Waals surface area contributed by atoms with Crippen molar-refractivity contribution in [3.05, 3.63) is 22.9 Å². The number of nitrogens with zero attached hydrogens (tertiary/aromatic N) is 3. The number of ether oxygens (including phenoxy) is 1. The Balaban J connectivity index is 1.73. The van der Waals surface area contributed by atoms with Gasteiger partial charge in [-0.3, -0.25) is 4.90 Å². The molecule has 0 atom stereocenters. The molecule has 5 heteroatoms. The van der Waals surface area contributed by atoms with Gasteiger partial charge < -0.3 is 10.1 Å². The maximum absolute atomic E-state index is 9.44. The molecule has 23 heavy (non-hydrogen) atoms. The van der Waals surface area contributed by atoms with Gasteiger partial charge in [-0.25, -0.2) is 4.98 Å². The minimum Gasteiger partial charge on any atom is -0.379 e. The fourth-order valence-corrected chi connectivity index (χ4v) is 3.43. The van der Waals surface area contributed by atoms with E-state index in [1.165, 1.54) is 24.1 Å². The largest absolute Gasteiger partial charge is 0.379 e. The molecular formula is C18H26N4O. The van der Waals surface area contributed by atoms with Crippen molar-refractivity contribution >= 4 is 5.82 Å². The van der Waals surface area contributed by atoms with Crippen molar-refractivity contribution in [3.63, 3.8) is 0 Å².